The lowest BCUT2D eigenvalue weighted by atomic mass is 9.98. The lowest BCUT2D eigenvalue weighted by molar-refractivity contribution is -0.117. The fraction of sp³-hybridized carbons (Fsp3) is 0.588. The van der Waals surface area contributed by atoms with E-state index in [4.69, 9.17) is 0 Å². The second-order valence-corrected chi connectivity index (χ2v) is 6.69. The molecule has 2 aliphatic heterocycles. The first kappa shape index (κ1) is 18.2. The molecule has 0 saturated carbocycles. The van der Waals surface area contributed by atoms with Gasteiger partial charge in [0.15, 0.2) is 0 Å². The first-order chi connectivity index (χ1) is 10.5. The molecule has 2 fully saturated rings. The number of benzene rings is 1. The van der Waals surface area contributed by atoms with Crippen LogP contribution >= 0.6 is 12.4 Å². The number of hydrogen-bond acceptors (Lipinski definition) is 3. The molecule has 0 aliphatic carbocycles. The van der Waals surface area contributed by atoms with Crippen LogP contribution in [0, 0.1) is 12.7 Å². The molecule has 2 saturated heterocycles. The number of carbonyl (C=O) groups excluding carboxylic acids is 1. The van der Waals surface area contributed by atoms with E-state index >= 15 is 0 Å². The average molecular weight is 342 g/mol. The normalized spacial score (nSPS) is 26.0. The number of piperidine rings is 1. The number of likely N-dealkylation sites (N-methyl/N-ethyl adjacent to an activating group) is 1. The molecule has 6 heteroatoms. The largest absolute Gasteiger partial charge is 0.325 e. The van der Waals surface area contributed by atoms with Gasteiger partial charge in [0.05, 0.1) is 6.54 Å². The number of carbonyl (C=O) groups is 1. The zero-order chi connectivity index (χ0) is 15.7. The van der Waals surface area contributed by atoms with Crippen molar-refractivity contribution in [2.75, 3.05) is 18.9 Å². The first-order valence-corrected chi connectivity index (χ1v) is 8.03. The van der Waals surface area contributed by atoms with E-state index in [9.17, 15) is 9.18 Å². The van der Waals surface area contributed by atoms with Gasteiger partial charge in [0.1, 0.15) is 5.82 Å². The Hall–Kier alpha value is -1.17. The van der Waals surface area contributed by atoms with Crippen molar-refractivity contribution < 1.29 is 9.18 Å². The molecule has 1 aromatic carbocycles. The molecule has 0 spiro atoms. The summed E-state index contributed by atoms with van der Waals surface area (Å²) >= 11 is 0. The molecule has 1 amide bonds. The second kappa shape index (κ2) is 7.60. The molecule has 2 unspecified atom stereocenters. The SMILES string of the molecule is Cc1ccc(NC(=O)CN(C)C2CC3CCC(C2)N3)cc1F.Cl. The summed E-state index contributed by atoms with van der Waals surface area (Å²) in [5.41, 5.74) is 1.10. The summed E-state index contributed by atoms with van der Waals surface area (Å²) in [4.78, 5) is 14.3. The van der Waals surface area contributed by atoms with Gasteiger partial charge in [-0.25, -0.2) is 4.39 Å². The standard InChI is InChI=1S/C17H24FN3O.ClH/c1-11-3-4-14(9-16(11)18)20-17(22)10-21(2)15-7-12-5-6-13(8-15)19-12;/h3-4,9,12-13,15,19H,5-8,10H2,1-2H3,(H,20,22);1H. The minimum atomic E-state index is -0.291. The Labute approximate surface area is 143 Å². The number of hydrogen-bond donors (Lipinski definition) is 2. The number of rotatable bonds is 4. The van der Waals surface area contributed by atoms with Crippen LogP contribution < -0.4 is 10.6 Å². The third-order valence-electron chi connectivity index (χ3n) is 4.92. The predicted octanol–water partition coefficient (Wildman–Crippen LogP) is 2.71. The van der Waals surface area contributed by atoms with E-state index in [1.165, 1.54) is 18.9 Å². The Morgan fingerprint density at radius 3 is 2.61 bits per heavy atom. The van der Waals surface area contributed by atoms with Gasteiger partial charge in [0.2, 0.25) is 5.91 Å². The van der Waals surface area contributed by atoms with Gasteiger partial charge in [-0.2, -0.15) is 0 Å². The summed E-state index contributed by atoms with van der Waals surface area (Å²) in [7, 11) is 2.00. The molecule has 2 bridgehead atoms. The highest BCUT2D eigenvalue weighted by Gasteiger charge is 2.35. The topological polar surface area (TPSA) is 44.4 Å². The monoisotopic (exact) mass is 341 g/mol. The summed E-state index contributed by atoms with van der Waals surface area (Å²) in [6.07, 6.45) is 4.73. The number of halogens is 2. The smallest absolute Gasteiger partial charge is 0.238 e. The van der Waals surface area contributed by atoms with Crippen LogP contribution in [0.4, 0.5) is 10.1 Å². The van der Waals surface area contributed by atoms with E-state index < -0.39 is 0 Å². The summed E-state index contributed by atoms with van der Waals surface area (Å²) in [5.74, 6) is -0.377. The van der Waals surface area contributed by atoms with Gasteiger partial charge in [0.25, 0.3) is 0 Å². The van der Waals surface area contributed by atoms with Crippen LogP contribution in [0.2, 0.25) is 0 Å². The molecule has 0 aromatic heterocycles. The minimum Gasteiger partial charge on any atom is -0.325 e. The fourth-order valence-electron chi connectivity index (χ4n) is 3.61. The Balaban J connectivity index is 0.00000192. The van der Waals surface area contributed by atoms with Crippen LogP contribution in [-0.4, -0.2) is 42.5 Å². The van der Waals surface area contributed by atoms with Crippen LogP contribution in [-0.2, 0) is 4.79 Å². The van der Waals surface area contributed by atoms with Gasteiger partial charge in [-0.1, -0.05) is 6.07 Å². The van der Waals surface area contributed by atoms with Crippen molar-refractivity contribution in [2.45, 2.75) is 50.7 Å². The molecule has 2 N–H and O–H groups in total. The quantitative estimate of drug-likeness (QED) is 0.885. The Morgan fingerprint density at radius 2 is 2.00 bits per heavy atom. The first-order valence-electron chi connectivity index (χ1n) is 8.03. The van der Waals surface area contributed by atoms with Gasteiger partial charge < -0.3 is 10.6 Å². The van der Waals surface area contributed by atoms with Crippen molar-refractivity contribution in [3.05, 3.63) is 29.6 Å². The highest BCUT2D eigenvalue weighted by atomic mass is 35.5. The Morgan fingerprint density at radius 1 is 1.35 bits per heavy atom. The number of nitrogens with zero attached hydrogens (tertiary/aromatic N) is 1. The van der Waals surface area contributed by atoms with Gasteiger partial charge in [-0.05, 0) is 57.4 Å². The van der Waals surface area contributed by atoms with Gasteiger partial charge in [-0.15, -0.1) is 12.4 Å². The van der Waals surface area contributed by atoms with E-state index in [-0.39, 0.29) is 24.1 Å². The summed E-state index contributed by atoms with van der Waals surface area (Å²) in [5, 5.41) is 6.39. The summed E-state index contributed by atoms with van der Waals surface area (Å²) in [6, 6.07) is 6.47. The predicted molar refractivity (Wildman–Crippen MR) is 92.6 cm³/mol. The van der Waals surface area contributed by atoms with E-state index in [0.29, 0.717) is 35.9 Å². The maximum atomic E-state index is 13.5. The molecule has 3 rings (SSSR count). The molecule has 0 radical (unpaired) electrons. The third-order valence-corrected chi connectivity index (χ3v) is 4.92. The highest BCUT2D eigenvalue weighted by molar-refractivity contribution is 5.92. The lowest BCUT2D eigenvalue weighted by Gasteiger charge is -2.35. The van der Waals surface area contributed by atoms with Gasteiger partial charge in [0, 0.05) is 23.8 Å². The van der Waals surface area contributed by atoms with Crippen molar-refractivity contribution in [3.63, 3.8) is 0 Å². The molecule has 2 heterocycles. The van der Waals surface area contributed by atoms with E-state index in [2.05, 4.69) is 15.5 Å². The summed E-state index contributed by atoms with van der Waals surface area (Å²) < 4.78 is 13.5. The average Bonchev–Trinajstić information content (AvgIpc) is 2.81. The molecular weight excluding hydrogens is 317 g/mol. The van der Waals surface area contributed by atoms with Crippen LogP contribution in [0.5, 0.6) is 0 Å². The Bertz CT molecular complexity index is 557. The molecule has 128 valence electrons. The van der Waals surface area contributed by atoms with Gasteiger partial charge >= 0.3 is 0 Å². The Kier molecular flexibility index (Phi) is 6.00. The summed E-state index contributed by atoms with van der Waals surface area (Å²) in [6.45, 7) is 2.06. The molecule has 2 aliphatic rings. The maximum absolute atomic E-state index is 13.5. The van der Waals surface area contributed by atoms with E-state index in [1.54, 1.807) is 19.1 Å². The number of fused-ring (bicyclic) bond motifs is 2. The zero-order valence-electron chi connectivity index (χ0n) is 13.6. The number of anilines is 1. The molecule has 2 atom stereocenters. The molecule has 23 heavy (non-hydrogen) atoms. The number of nitrogens with one attached hydrogen (secondary N) is 2. The van der Waals surface area contributed by atoms with E-state index in [1.807, 2.05) is 7.05 Å². The van der Waals surface area contributed by atoms with Crippen molar-refractivity contribution in [1.29, 1.82) is 0 Å². The molecule has 4 nitrogen and oxygen atoms in total. The minimum absolute atomic E-state index is 0. The molecular formula is C17H25ClFN3O. The second-order valence-electron chi connectivity index (χ2n) is 6.69. The van der Waals surface area contributed by atoms with Crippen molar-refractivity contribution >= 4 is 24.0 Å². The van der Waals surface area contributed by atoms with Crippen molar-refractivity contribution in [3.8, 4) is 0 Å². The molecule has 1 aromatic rings. The fourth-order valence-corrected chi connectivity index (χ4v) is 3.61. The van der Waals surface area contributed by atoms with Crippen molar-refractivity contribution in [1.82, 2.24) is 10.2 Å². The van der Waals surface area contributed by atoms with Crippen LogP contribution in [0.3, 0.4) is 0 Å². The van der Waals surface area contributed by atoms with Crippen LogP contribution in [0.15, 0.2) is 18.2 Å². The lowest BCUT2D eigenvalue weighted by Crippen LogP contribution is -2.48. The number of amides is 1. The zero-order valence-corrected chi connectivity index (χ0v) is 14.5. The van der Waals surface area contributed by atoms with E-state index in [0.717, 1.165) is 12.8 Å². The van der Waals surface area contributed by atoms with Crippen LogP contribution in [0.1, 0.15) is 31.2 Å². The highest BCUT2D eigenvalue weighted by Crippen LogP contribution is 2.29. The van der Waals surface area contributed by atoms with Crippen molar-refractivity contribution in [2.24, 2.45) is 0 Å². The van der Waals surface area contributed by atoms with Gasteiger partial charge in [-0.3, -0.25) is 9.69 Å². The third kappa shape index (κ3) is 4.43. The number of aryl methyl sites for hydroxylation is 1. The maximum Gasteiger partial charge on any atom is 0.238 e. The van der Waals surface area contributed by atoms with Crippen LogP contribution in [0.25, 0.3) is 0 Å².